The second kappa shape index (κ2) is 9.68. The molecule has 1 heterocycles. The summed E-state index contributed by atoms with van der Waals surface area (Å²) in [5.41, 5.74) is 2.11. The fourth-order valence-corrected chi connectivity index (χ4v) is 5.23. The molecule has 1 N–H and O–H groups in total. The first-order valence-corrected chi connectivity index (χ1v) is 11.8. The number of rotatable bonds is 10. The van der Waals surface area contributed by atoms with Crippen LogP contribution in [0.5, 0.6) is 5.75 Å². The Morgan fingerprint density at radius 1 is 1.06 bits per heavy atom. The van der Waals surface area contributed by atoms with Crippen LogP contribution in [0.15, 0.2) is 66.9 Å². The Bertz CT molecular complexity index is 1150. The summed E-state index contributed by atoms with van der Waals surface area (Å²) in [7, 11) is 0. The third-order valence-electron chi connectivity index (χ3n) is 7.14. The van der Waals surface area contributed by atoms with Gasteiger partial charge in [-0.25, -0.2) is 4.39 Å². The van der Waals surface area contributed by atoms with E-state index < -0.39 is 17.9 Å². The average molecular weight is 482 g/mol. The van der Waals surface area contributed by atoms with E-state index in [9.17, 15) is 18.0 Å². The number of amides is 1. The van der Waals surface area contributed by atoms with E-state index in [1.54, 1.807) is 42.6 Å². The lowest BCUT2D eigenvalue weighted by atomic mass is 9.70. The molecule has 2 saturated carbocycles. The van der Waals surface area contributed by atoms with Gasteiger partial charge in [0.15, 0.2) is 0 Å². The number of alkyl halides is 2. The molecule has 5 rings (SSSR count). The number of carbonyl (C=O) groups is 1. The standard InChI is InChI=1S/C27H26F3N3O2/c28-20-9-7-19(8-10-20)27(13-14-27)24(25(34)31-16-21-2-1-15-32-33-21)23(17-3-4-17)18-5-11-22(12-6-18)35-26(29)30/h1-2,5-12,15,17,23-24,26H,3-4,13-14,16H2,(H,31,34)/t23-,24?/m0/s1. The minimum atomic E-state index is -2.90. The maximum Gasteiger partial charge on any atom is 0.387 e. The van der Waals surface area contributed by atoms with Crippen molar-refractivity contribution >= 4 is 5.91 Å². The fraction of sp³-hybridized carbons (Fsp3) is 0.370. The van der Waals surface area contributed by atoms with Crippen molar-refractivity contribution in [1.29, 1.82) is 0 Å². The summed E-state index contributed by atoms with van der Waals surface area (Å²) in [6.45, 7) is -2.64. The highest BCUT2D eigenvalue weighted by atomic mass is 19.3. The molecule has 182 valence electrons. The third-order valence-corrected chi connectivity index (χ3v) is 7.14. The van der Waals surface area contributed by atoms with E-state index in [1.165, 1.54) is 24.3 Å². The number of benzene rings is 2. The Kier molecular flexibility index (Phi) is 6.45. The van der Waals surface area contributed by atoms with Crippen molar-refractivity contribution in [1.82, 2.24) is 15.5 Å². The molecule has 35 heavy (non-hydrogen) atoms. The van der Waals surface area contributed by atoms with Gasteiger partial charge < -0.3 is 10.1 Å². The highest BCUT2D eigenvalue weighted by Crippen LogP contribution is 2.61. The molecule has 2 atom stereocenters. The zero-order valence-electron chi connectivity index (χ0n) is 19.0. The predicted octanol–water partition coefficient (Wildman–Crippen LogP) is 5.38. The summed E-state index contributed by atoms with van der Waals surface area (Å²) in [5, 5.41) is 11.0. The van der Waals surface area contributed by atoms with E-state index in [-0.39, 0.29) is 29.9 Å². The van der Waals surface area contributed by atoms with Gasteiger partial charge >= 0.3 is 6.61 Å². The molecule has 8 heteroatoms. The first-order chi connectivity index (χ1) is 17.0. The minimum absolute atomic E-state index is 0.0848. The molecular weight excluding hydrogens is 455 g/mol. The molecule has 5 nitrogen and oxygen atoms in total. The Labute approximate surface area is 201 Å². The van der Waals surface area contributed by atoms with Crippen LogP contribution in [0.25, 0.3) is 0 Å². The number of halogens is 3. The van der Waals surface area contributed by atoms with Crippen molar-refractivity contribution in [3.63, 3.8) is 0 Å². The zero-order valence-corrected chi connectivity index (χ0v) is 19.0. The van der Waals surface area contributed by atoms with Crippen LogP contribution in [-0.4, -0.2) is 22.7 Å². The molecule has 2 aliphatic rings. The van der Waals surface area contributed by atoms with Crippen LogP contribution in [0.2, 0.25) is 0 Å². The van der Waals surface area contributed by atoms with Crippen LogP contribution in [-0.2, 0) is 16.8 Å². The number of carbonyl (C=O) groups excluding carboxylic acids is 1. The molecule has 0 bridgehead atoms. The van der Waals surface area contributed by atoms with Gasteiger partial charge in [-0.3, -0.25) is 4.79 Å². The van der Waals surface area contributed by atoms with Crippen LogP contribution in [0.1, 0.15) is 48.4 Å². The predicted molar refractivity (Wildman–Crippen MR) is 123 cm³/mol. The van der Waals surface area contributed by atoms with Crippen molar-refractivity contribution in [2.45, 2.75) is 50.2 Å². The molecular formula is C27H26F3N3O2. The summed E-state index contributed by atoms with van der Waals surface area (Å²) in [4.78, 5) is 13.8. The number of hydrogen-bond donors (Lipinski definition) is 1. The maximum absolute atomic E-state index is 13.8. The van der Waals surface area contributed by atoms with Crippen LogP contribution >= 0.6 is 0 Å². The van der Waals surface area contributed by atoms with Gasteiger partial charge in [0.05, 0.1) is 18.2 Å². The minimum Gasteiger partial charge on any atom is -0.435 e. The second-order valence-electron chi connectivity index (χ2n) is 9.38. The third kappa shape index (κ3) is 5.16. The van der Waals surface area contributed by atoms with Gasteiger partial charge in [-0.2, -0.15) is 19.0 Å². The van der Waals surface area contributed by atoms with Gasteiger partial charge in [0.2, 0.25) is 5.91 Å². The zero-order chi connectivity index (χ0) is 24.4. The first-order valence-electron chi connectivity index (χ1n) is 11.8. The number of aromatic nitrogens is 2. The maximum atomic E-state index is 13.8. The molecule has 3 aromatic rings. The van der Waals surface area contributed by atoms with E-state index in [0.717, 1.165) is 36.8 Å². The Morgan fingerprint density at radius 2 is 1.77 bits per heavy atom. The molecule has 0 radical (unpaired) electrons. The van der Waals surface area contributed by atoms with Gasteiger partial charge in [0, 0.05) is 11.6 Å². The number of hydrogen-bond acceptors (Lipinski definition) is 4. The molecule has 1 aromatic heterocycles. The molecule has 2 aromatic carbocycles. The van der Waals surface area contributed by atoms with Gasteiger partial charge in [-0.1, -0.05) is 24.3 Å². The van der Waals surface area contributed by atoms with Crippen molar-refractivity contribution < 1.29 is 22.7 Å². The van der Waals surface area contributed by atoms with Crippen molar-refractivity contribution in [3.8, 4) is 5.75 Å². The molecule has 0 saturated heterocycles. The molecule has 2 fully saturated rings. The van der Waals surface area contributed by atoms with Crippen LogP contribution in [0.3, 0.4) is 0 Å². The Balaban J connectivity index is 1.49. The lowest BCUT2D eigenvalue weighted by Crippen LogP contribution is -2.42. The summed E-state index contributed by atoms with van der Waals surface area (Å²) >= 11 is 0. The van der Waals surface area contributed by atoms with E-state index in [0.29, 0.717) is 11.6 Å². The van der Waals surface area contributed by atoms with Gasteiger partial charge in [-0.05, 0) is 85.0 Å². The smallest absolute Gasteiger partial charge is 0.387 e. The lowest BCUT2D eigenvalue weighted by molar-refractivity contribution is -0.127. The van der Waals surface area contributed by atoms with E-state index >= 15 is 0 Å². The monoisotopic (exact) mass is 481 g/mol. The van der Waals surface area contributed by atoms with Crippen LogP contribution in [0, 0.1) is 17.7 Å². The van der Waals surface area contributed by atoms with Crippen molar-refractivity contribution in [2.24, 2.45) is 11.8 Å². The summed E-state index contributed by atoms with van der Waals surface area (Å²) in [6, 6.07) is 16.6. The highest BCUT2D eigenvalue weighted by molar-refractivity contribution is 5.82. The van der Waals surface area contributed by atoms with Gasteiger partial charge in [0.1, 0.15) is 11.6 Å². The normalized spacial score (nSPS) is 18.1. The van der Waals surface area contributed by atoms with Crippen LogP contribution in [0.4, 0.5) is 13.2 Å². The lowest BCUT2D eigenvalue weighted by Gasteiger charge is -2.34. The van der Waals surface area contributed by atoms with Crippen molar-refractivity contribution in [2.75, 3.05) is 0 Å². The van der Waals surface area contributed by atoms with Crippen molar-refractivity contribution in [3.05, 3.63) is 89.5 Å². The quantitative estimate of drug-likeness (QED) is 0.423. The summed E-state index contributed by atoms with van der Waals surface area (Å²) < 4.78 is 43.5. The first kappa shape index (κ1) is 23.3. The SMILES string of the molecule is O=C(NCc1cccnn1)C([C@H](c1ccc(OC(F)F)cc1)C1CC1)C1(c2ccc(F)cc2)CC1. The molecule has 2 aliphatic carbocycles. The van der Waals surface area contributed by atoms with Crippen LogP contribution < -0.4 is 10.1 Å². The average Bonchev–Trinajstić information content (AvgIpc) is 3.78. The Morgan fingerprint density at radius 3 is 2.34 bits per heavy atom. The fourth-order valence-electron chi connectivity index (χ4n) is 5.23. The number of nitrogens with zero attached hydrogens (tertiary/aromatic N) is 2. The molecule has 0 aliphatic heterocycles. The van der Waals surface area contributed by atoms with E-state index in [4.69, 9.17) is 0 Å². The van der Waals surface area contributed by atoms with Gasteiger partial charge in [-0.15, -0.1) is 0 Å². The molecule has 1 amide bonds. The van der Waals surface area contributed by atoms with E-state index in [1.807, 2.05) is 0 Å². The van der Waals surface area contributed by atoms with E-state index in [2.05, 4.69) is 20.3 Å². The van der Waals surface area contributed by atoms with Gasteiger partial charge in [0.25, 0.3) is 0 Å². The molecule has 1 unspecified atom stereocenters. The number of nitrogens with one attached hydrogen (secondary N) is 1. The molecule has 0 spiro atoms. The summed E-state index contributed by atoms with van der Waals surface area (Å²) in [6.07, 6.45) is 5.20. The summed E-state index contributed by atoms with van der Waals surface area (Å²) in [5.74, 6) is -0.531. The number of ether oxygens (including phenoxy) is 1. The topological polar surface area (TPSA) is 64.1 Å². The second-order valence-corrected chi connectivity index (χ2v) is 9.38. The Hall–Kier alpha value is -3.42. The highest BCUT2D eigenvalue weighted by Gasteiger charge is 2.58. The largest absolute Gasteiger partial charge is 0.435 e.